The molecule has 1 saturated carbocycles. The van der Waals surface area contributed by atoms with Crippen molar-refractivity contribution in [2.24, 2.45) is 5.92 Å². The van der Waals surface area contributed by atoms with Gasteiger partial charge in [0.25, 0.3) is 5.91 Å². The molecule has 1 amide bonds. The maximum atomic E-state index is 12.3. The predicted molar refractivity (Wildman–Crippen MR) is 133 cm³/mol. The molecule has 2 aromatic rings. The van der Waals surface area contributed by atoms with Gasteiger partial charge in [0, 0.05) is 12.6 Å². The summed E-state index contributed by atoms with van der Waals surface area (Å²) in [6.07, 6.45) is 8.14. The third-order valence-electron chi connectivity index (χ3n) is 5.87. The van der Waals surface area contributed by atoms with E-state index in [1.807, 2.05) is 55.5 Å². The van der Waals surface area contributed by atoms with Gasteiger partial charge in [-0.2, -0.15) is 0 Å². The molecule has 6 heteroatoms. The van der Waals surface area contributed by atoms with Crippen LogP contribution >= 0.6 is 0 Å². The van der Waals surface area contributed by atoms with E-state index in [1.54, 1.807) is 13.0 Å². The van der Waals surface area contributed by atoms with Crippen molar-refractivity contribution in [1.29, 1.82) is 0 Å². The van der Waals surface area contributed by atoms with Gasteiger partial charge < -0.3 is 19.5 Å². The van der Waals surface area contributed by atoms with E-state index in [2.05, 4.69) is 5.32 Å². The summed E-state index contributed by atoms with van der Waals surface area (Å²) in [7, 11) is 0. The summed E-state index contributed by atoms with van der Waals surface area (Å²) in [4.78, 5) is 24.5. The van der Waals surface area contributed by atoms with E-state index < -0.39 is 12.1 Å². The average Bonchev–Trinajstić information content (AvgIpc) is 2.87. The minimum atomic E-state index is -0.839. The first-order chi connectivity index (χ1) is 16.5. The second-order valence-electron chi connectivity index (χ2n) is 8.58. The molecule has 1 aliphatic carbocycles. The van der Waals surface area contributed by atoms with Crippen LogP contribution in [0, 0.1) is 5.92 Å². The molecule has 1 atom stereocenters. The number of nitrogens with one attached hydrogen (secondary N) is 1. The largest absolute Gasteiger partial charge is 0.490 e. The summed E-state index contributed by atoms with van der Waals surface area (Å²) in [5, 5.41) is 2.91. The molecule has 1 N–H and O–H groups in total. The van der Waals surface area contributed by atoms with Gasteiger partial charge in [-0.3, -0.25) is 4.79 Å². The highest BCUT2D eigenvalue weighted by Crippen LogP contribution is 2.30. The summed E-state index contributed by atoms with van der Waals surface area (Å²) < 4.78 is 16.9. The molecule has 6 nitrogen and oxygen atoms in total. The first-order valence-electron chi connectivity index (χ1n) is 12.1. The lowest BCUT2D eigenvalue weighted by atomic mass is 9.89. The third kappa shape index (κ3) is 8.25. The molecule has 0 saturated heterocycles. The Morgan fingerprint density at radius 2 is 1.79 bits per heavy atom. The number of hydrogen-bond acceptors (Lipinski definition) is 5. The highest BCUT2D eigenvalue weighted by atomic mass is 16.5. The SMILES string of the molecule is CCOc1cc(C=CC(=O)OC(C)C(=O)NCC2CCCCC2)ccc1OCc1ccccc1. The Bertz CT molecular complexity index is 951. The van der Waals surface area contributed by atoms with Gasteiger partial charge in [-0.1, -0.05) is 55.7 Å². The maximum Gasteiger partial charge on any atom is 0.331 e. The van der Waals surface area contributed by atoms with Crippen LogP contribution in [0.15, 0.2) is 54.6 Å². The molecule has 182 valence electrons. The van der Waals surface area contributed by atoms with Crippen molar-refractivity contribution >= 4 is 18.0 Å². The van der Waals surface area contributed by atoms with Crippen LogP contribution in [0.5, 0.6) is 11.5 Å². The van der Waals surface area contributed by atoms with Gasteiger partial charge >= 0.3 is 5.97 Å². The van der Waals surface area contributed by atoms with Crippen LogP contribution in [0.3, 0.4) is 0 Å². The molecule has 0 aromatic heterocycles. The molecule has 0 heterocycles. The van der Waals surface area contributed by atoms with Crippen LogP contribution in [0.4, 0.5) is 0 Å². The number of rotatable bonds is 11. The van der Waals surface area contributed by atoms with Crippen molar-refractivity contribution < 1.29 is 23.8 Å². The average molecular weight is 466 g/mol. The molecule has 1 fully saturated rings. The lowest BCUT2D eigenvalue weighted by Crippen LogP contribution is -2.38. The predicted octanol–water partition coefficient (Wildman–Crippen LogP) is 5.31. The van der Waals surface area contributed by atoms with E-state index in [-0.39, 0.29) is 5.91 Å². The minimum absolute atomic E-state index is 0.258. The van der Waals surface area contributed by atoms with Crippen molar-refractivity contribution in [2.75, 3.05) is 13.2 Å². The van der Waals surface area contributed by atoms with Gasteiger partial charge in [-0.15, -0.1) is 0 Å². The van der Waals surface area contributed by atoms with Crippen molar-refractivity contribution in [3.05, 3.63) is 65.7 Å². The van der Waals surface area contributed by atoms with Gasteiger partial charge in [0.1, 0.15) is 6.61 Å². The van der Waals surface area contributed by atoms with Gasteiger partial charge in [0.15, 0.2) is 17.6 Å². The third-order valence-corrected chi connectivity index (χ3v) is 5.87. The number of ether oxygens (including phenoxy) is 3. The lowest BCUT2D eigenvalue weighted by molar-refractivity contribution is -0.150. The monoisotopic (exact) mass is 465 g/mol. The fraction of sp³-hybridized carbons (Fsp3) is 0.429. The summed E-state index contributed by atoms with van der Waals surface area (Å²) in [5.74, 6) is 0.936. The normalized spacial score (nSPS) is 15.0. The number of esters is 1. The highest BCUT2D eigenvalue weighted by molar-refractivity contribution is 5.90. The molecular weight excluding hydrogens is 430 g/mol. The van der Waals surface area contributed by atoms with Crippen LogP contribution in [0.2, 0.25) is 0 Å². The Morgan fingerprint density at radius 3 is 2.53 bits per heavy atom. The van der Waals surface area contributed by atoms with E-state index in [1.165, 1.54) is 25.3 Å². The first kappa shape index (κ1) is 25.3. The van der Waals surface area contributed by atoms with Crippen LogP contribution in [-0.2, 0) is 20.9 Å². The van der Waals surface area contributed by atoms with Gasteiger partial charge in [-0.25, -0.2) is 4.79 Å². The lowest BCUT2D eigenvalue weighted by Gasteiger charge is -2.22. The van der Waals surface area contributed by atoms with Gasteiger partial charge in [-0.05, 0) is 61.9 Å². The molecule has 2 aromatic carbocycles. The second kappa shape index (κ2) is 13.4. The fourth-order valence-electron chi connectivity index (χ4n) is 3.96. The van der Waals surface area contributed by atoms with Crippen molar-refractivity contribution in [2.45, 2.75) is 58.7 Å². The van der Waals surface area contributed by atoms with E-state index in [9.17, 15) is 9.59 Å². The highest BCUT2D eigenvalue weighted by Gasteiger charge is 2.19. The molecule has 34 heavy (non-hydrogen) atoms. The van der Waals surface area contributed by atoms with E-state index >= 15 is 0 Å². The number of amides is 1. The summed E-state index contributed by atoms with van der Waals surface area (Å²) in [6.45, 7) is 5.07. The van der Waals surface area contributed by atoms with Crippen molar-refractivity contribution in [1.82, 2.24) is 5.32 Å². The number of benzene rings is 2. The van der Waals surface area contributed by atoms with E-state index in [4.69, 9.17) is 14.2 Å². The standard InChI is InChI=1S/C28H35NO5/c1-3-32-26-18-22(14-16-25(26)33-20-24-12-8-5-9-13-24)15-17-27(30)34-21(2)28(31)29-19-23-10-6-4-7-11-23/h5,8-9,12-18,21,23H,3-4,6-7,10-11,19-20H2,1-2H3,(H,29,31). The topological polar surface area (TPSA) is 73.9 Å². The summed E-state index contributed by atoms with van der Waals surface area (Å²) in [6, 6.07) is 15.4. The van der Waals surface area contributed by atoms with Crippen LogP contribution in [-0.4, -0.2) is 31.1 Å². The smallest absolute Gasteiger partial charge is 0.331 e. The Morgan fingerprint density at radius 1 is 1.03 bits per heavy atom. The molecule has 0 radical (unpaired) electrons. The summed E-state index contributed by atoms with van der Waals surface area (Å²) >= 11 is 0. The molecule has 1 aliphatic rings. The zero-order chi connectivity index (χ0) is 24.2. The van der Waals surface area contributed by atoms with Crippen LogP contribution in [0.1, 0.15) is 57.1 Å². The van der Waals surface area contributed by atoms with E-state index in [0.717, 1.165) is 24.0 Å². The quantitative estimate of drug-likeness (QED) is 0.360. The number of hydrogen-bond donors (Lipinski definition) is 1. The van der Waals surface area contributed by atoms with Crippen LogP contribution < -0.4 is 14.8 Å². The number of carbonyl (C=O) groups is 2. The van der Waals surface area contributed by atoms with Gasteiger partial charge in [0.05, 0.1) is 6.61 Å². The zero-order valence-corrected chi connectivity index (χ0v) is 20.1. The van der Waals surface area contributed by atoms with Crippen LogP contribution in [0.25, 0.3) is 6.08 Å². The molecular formula is C28H35NO5. The molecule has 1 unspecified atom stereocenters. The summed E-state index contributed by atoms with van der Waals surface area (Å²) in [5.41, 5.74) is 1.83. The molecule has 0 bridgehead atoms. The Kier molecular flexibility index (Phi) is 10.0. The second-order valence-corrected chi connectivity index (χ2v) is 8.58. The Hall–Kier alpha value is -3.28. The Labute approximate surface area is 202 Å². The fourth-order valence-corrected chi connectivity index (χ4v) is 3.96. The minimum Gasteiger partial charge on any atom is -0.490 e. The van der Waals surface area contributed by atoms with Gasteiger partial charge in [0.2, 0.25) is 0 Å². The van der Waals surface area contributed by atoms with Crippen molar-refractivity contribution in [3.63, 3.8) is 0 Å². The number of carbonyl (C=O) groups excluding carboxylic acids is 2. The molecule has 3 rings (SSSR count). The maximum absolute atomic E-state index is 12.3. The molecule has 0 spiro atoms. The zero-order valence-electron chi connectivity index (χ0n) is 20.1. The molecule has 0 aliphatic heterocycles. The Balaban J connectivity index is 1.51. The van der Waals surface area contributed by atoms with Crippen molar-refractivity contribution in [3.8, 4) is 11.5 Å². The van der Waals surface area contributed by atoms with E-state index in [0.29, 0.717) is 37.2 Å². The first-order valence-corrected chi connectivity index (χ1v) is 12.1.